The van der Waals surface area contributed by atoms with Gasteiger partial charge in [-0.1, -0.05) is 12.8 Å². The highest BCUT2D eigenvalue weighted by molar-refractivity contribution is 9.10. The Bertz CT molecular complexity index is 471. The van der Waals surface area contributed by atoms with Crippen LogP contribution in [0.15, 0.2) is 22.8 Å². The molecule has 0 spiro atoms. The largest absolute Gasteiger partial charge is 0.346 e. The first-order chi connectivity index (χ1) is 9.72. The number of halogens is 1. The highest BCUT2D eigenvalue weighted by Crippen LogP contribution is 2.26. The molecule has 2 fully saturated rings. The lowest BCUT2D eigenvalue weighted by Crippen LogP contribution is -2.51. The molecule has 0 aromatic carbocycles. The Hall–Kier alpha value is -1.10. The average molecular weight is 338 g/mol. The zero-order chi connectivity index (χ0) is 13.9. The van der Waals surface area contributed by atoms with E-state index in [0.717, 1.165) is 35.8 Å². The fraction of sp³-hybridized carbons (Fsp3) is 0.600. The lowest BCUT2D eigenvalue weighted by Gasteiger charge is -2.36. The van der Waals surface area contributed by atoms with Crippen molar-refractivity contribution < 1.29 is 4.79 Å². The smallest absolute Gasteiger partial charge is 0.242 e. The molecule has 4 nitrogen and oxygen atoms in total. The molecule has 0 bridgehead atoms. The summed E-state index contributed by atoms with van der Waals surface area (Å²) in [4.78, 5) is 20.8. The molecule has 0 atom stereocenters. The van der Waals surface area contributed by atoms with Crippen molar-refractivity contribution in [2.75, 3.05) is 31.1 Å². The number of hydrogen-bond donors (Lipinski definition) is 0. The standard InChI is InChI=1S/C15H20BrN3O/c16-13-5-6-14(17-9-13)18-7-8-19(15(20)11-18)10-12-3-1-2-4-12/h5-6,9,12H,1-4,7-8,10-11H2. The molecule has 1 saturated heterocycles. The quantitative estimate of drug-likeness (QED) is 0.850. The zero-order valence-electron chi connectivity index (χ0n) is 11.6. The highest BCUT2D eigenvalue weighted by Gasteiger charge is 2.27. The van der Waals surface area contributed by atoms with Crippen LogP contribution in [0.1, 0.15) is 25.7 Å². The van der Waals surface area contributed by atoms with Gasteiger partial charge in [0.25, 0.3) is 0 Å². The summed E-state index contributed by atoms with van der Waals surface area (Å²) >= 11 is 3.38. The second-order valence-electron chi connectivity index (χ2n) is 5.75. The number of aromatic nitrogens is 1. The minimum atomic E-state index is 0.243. The molecule has 20 heavy (non-hydrogen) atoms. The Morgan fingerprint density at radius 3 is 2.70 bits per heavy atom. The molecule has 1 aromatic heterocycles. The van der Waals surface area contributed by atoms with Crippen LogP contribution < -0.4 is 4.90 Å². The Kier molecular flexibility index (Phi) is 4.24. The van der Waals surface area contributed by atoms with E-state index in [1.807, 2.05) is 17.0 Å². The number of rotatable bonds is 3. The summed E-state index contributed by atoms with van der Waals surface area (Å²) in [7, 11) is 0. The molecule has 0 unspecified atom stereocenters. The van der Waals surface area contributed by atoms with Crippen molar-refractivity contribution in [2.45, 2.75) is 25.7 Å². The van der Waals surface area contributed by atoms with Gasteiger partial charge >= 0.3 is 0 Å². The first-order valence-electron chi connectivity index (χ1n) is 7.36. The Balaban J connectivity index is 1.58. The van der Waals surface area contributed by atoms with Crippen LogP contribution >= 0.6 is 15.9 Å². The van der Waals surface area contributed by atoms with Crippen LogP contribution in [0.5, 0.6) is 0 Å². The summed E-state index contributed by atoms with van der Waals surface area (Å²) in [5, 5.41) is 0. The molecule has 0 radical (unpaired) electrons. The van der Waals surface area contributed by atoms with Gasteiger partial charge in [0.15, 0.2) is 0 Å². The maximum absolute atomic E-state index is 12.3. The lowest BCUT2D eigenvalue weighted by atomic mass is 10.1. The number of hydrogen-bond acceptors (Lipinski definition) is 3. The van der Waals surface area contributed by atoms with Crippen LogP contribution in [0.4, 0.5) is 5.82 Å². The van der Waals surface area contributed by atoms with Crippen molar-refractivity contribution in [1.82, 2.24) is 9.88 Å². The van der Waals surface area contributed by atoms with Gasteiger partial charge in [0.1, 0.15) is 5.82 Å². The van der Waals surface area contributed by atoms with Crippen molar-refractivity contribution in [3.8, 4) is 0 Å². The van der Waals surface area contributed by atoms with Gasteiger partial charge in [-0.25, -0.2) is 4.98 Å². The minimum absolute atomic E-state index is 0.243. The second-order valence-corrected chi connectivity index (χ2v) is 6.66. The normalized spacial score (nSPS) is 20.8. The summed E-state index contributed by atoms with van der Waals surface area (Å²) in [6, 6.07) is 3.93. The second kappa shape index (κ2) is 6.12. The number of carbonyl (C=O) groups is 1. The van der Waals surface area contributed by atoms with Crippen LogP contribution in [-0.4, -0.2) is 42.0 Å². The summed E-state index contributed by atoms with van der Waals surface area (Å²) in [5.74, 6) is 1.87. The van der Waals surface area contributed by atoms with E-state index in [0.29, 0.717) is 6.54 Å². The van der Waals surface area contributed by atoms with Crippen LogP contribution in [0.25, 0.3) is 0 Å². The van der Waals surface area contributed by atoms with E-state index < -0.39 is 0 Å². The van der Waals surface area contributed by atoms with Gasteiger partial charge in [-0.2, -0.15) is 0 Å². The molecule has 5 heteroatoms. The third kappa shape index (κ3) is 3.14. The predicted octanol–water partition coefficient (Wildman–Crippen LogP) is 2.68. The molecular weight excluding hydrogens is 318 g/mol. The molecule has 1 amide bonds. The van der Waals surface area contributed by atoms with Crippen molar-refractivity contribution in [1.29, 1.82) is 0 Å². The van der Waals surface area contributed by atoms with Crippen LogP contribution in [0, 0.1) is 5.92 Å². The number of pyridine rings is 1. The van der Waals surface area contributed by atoms with E-state index in [9.17, 15) is 4.79 Å². The van der Waals surface area contributed by atoms with Gasteiger partial charge in [-0.15, -0.1) is 0 Å². The fourth-order valence-electron chi connectivity index (χ4n) is 3.16. The average Bonchev–Trinajstić information content (AvgIpc) is 2.95. The van der Waals surface area contributed by atoms with Gasteiger partial charge in [0, 0.05) is 30.3 Å². The maximum atomic E-state index is 12.3. The summed E-state index contributed by atoms with van der Waals surface area (Å²) in [6.45, 7) is 3.13. The molecule has 1 aromatic rings. The molecule has 2 aliphatic rings. The van der Waals surface area contributed by atoms with Gasteiger partial charge in [-0.3, -0.25) is 4.79 Å². The molecule has 108 valence electrons. The number of amides is 1. The SMILES string of the molecule is O=C1CN(c2ccc(Br)cn2)CCN1CC1CCCC1. The molecule has 3 rings (SSSR count). The molecule has 1 aliphatic heterocycles. The molecule has 1 saturated carbocycles. The molecule has 2 heterocycles. The van der Waals surface area contributed by atoms with Gasteiger partial charge in [-0.05, 0) is 46.8 Å². The topological polar surface area (TPSA) is 36.4 Å². The lowest BCUT2D eigenvalue weighted by molar-refractivity contribution is -0.131. The van der Waals surface area contributed by atoms with Gasteiger partial charge < -0.3 is 9.80 Å². The summed E-state index contributed by atoms with van der Waals surface area (Å²) < 4.78 is 0.965. The third-order valence-corrected chi connectivity index (χ3v) is 4.78. The molecular formula is C15H20BrN3O. The Morgan fingerprint density at radius 2 is 2.05 bits per heavy atom. The highest BCUT2D eigenvalue weighted by atomic mass is 79.9. The summed E-state index contributed by atoms with van der Waals surface area (Å²) in [6.07, 6.45) is 7.04. The monoisotopic (exact) mass is 337 g/mol. The number of anilines is 1. The predicted molar refractivity (Wildman–Crippen MR) is 82.7 cm³/mol. The van der Waals surface area contributed by atoms with Crippen molar-refractivity contribution in [2.24, 2.45) is 5.92 Å². The third-order valence-electron chi connectivity index (χ3n) is 4.31. The zero-order valence-corrected chi connectivity index (χ0v) is 13.2. The number of nitrogens with zero attached hydrogens (tertiary/aromatic N) is 3. The maximum Gasteiger partial charge on any atom is 0.242 e. The fourth-order valence-corrected chi connectivity index (χ4v) is 3.39. The van der Waals surface area contributed by atoms with Crippen molar-refractivity contribution in [3.05, 3.63) is 22.8 Å². The van der Waals surface area contributed by atoms with Crippen LogP contribution in [0.3, 0.4) is 0 Å². The van der Waals surface area contributed by atoms with E-state index in [1.165, 1.54) is 25.7 Å². The van der Waals surface area contributed by atoms with E-state index >= 15 is 0 Å². The van der Waals surface area contributed by atoms with Gasteiger partial charge in [0.2, 0.25) is 5.91 Å². The van der Waals surface area contributed by atoms with Crippen molar-refractivity contribution in [3.63, 3.8) is 0 Å². The minimum Gasteiger partial charge on any atom is -0.346 e. The number of piperazine rings is 1. The molecule has 1 aliphatic carbocycles. The van der Waals surface area contributed by atoms with Crippen LogP contribution in [-0.2, 0) is 4.79 Å². The van der Waals surface area contributed by atoms with E-state index in [-0.39, 0.29) is 5.91 Å². The van der Waals surface area contributed by atoms with E-state index in [1.54, 1.807) is 6.20 Å². The molecule has 0 N–H and O–H groups in total. The van der Waals surface area contributed by atoms with Crippen LogP contribution in [0.2, 0.25) is 0 Å². The Labute approximate surface area is 128 Å². The van der Waals surface area contributed by atoms with Gasteiger partial charge in [0.05, 0.1) is 6.54 Å². The van der Waals surface area contributed by atoms with E-state index in [4.69, 9.17) is 0 Å². The Morgan fingerprint density at radius 1 is 1.25 bits per heavy atom. The number of carbonyl (C=O) groups excluding carboxylic acids is 1. The first-order valence-corrected chi connectivity index (χ1v) is 8.16. The van der Waals surface area contributed by atoms with E-state index in [2.05, 4.69) is 25.8 Å². The van der Waals surface area contributed by atoms with Crippen molar-refractivity contribution >= 4 is 27.7 Å². The first kappa shape index (κ1) is 13.9. The summed E-state index contributed by atoms with van der Waals surface area (Å²) in [5.41, 5.74) is 0.